The summed E-state index contributed by atoms with van der Waals surface area (Å²) < 4.78 is 28.1. The molecule has 0 N–H and O–H groups in total. The molecule has 0 saturated heterocycles. The first-order valence-corrected chi connectivity index (χ1v) is 6.93. The minimum absolute atomic E-state index is 0.0923. The van der Waals surface area contributed by atoms with Gasteiger partial charge in [0.15, 0.2) is 5.78 Å². The standard InChI is InChI=1S/C14H14F2N2OS/c1-8-6-13(18(3)17-8)20-9(2)14(19)11-5-4-10(15)7-12(11)16/h4-7,9H,1-3H3. The molecule has 0 saturated carbocycles. The fourth-order valence-corrected chi connectivity index (χ4v) is 2.87. The fraction of sp³-hybridized carbons (Fsp3) is 0.286. The van der Waals surface area contributed by atoms with Crippen molar-refractivity contribution in [1.82, 2.24) is 9.78 Å². The van der Waals surface area contributed by atoms with Crippen molar-refractivity contribution in [3.8, 4) is 0 Å². The number of halogens is 2. The summed E-state index contributed by atoms with van der Waals surface area (Å²) in [5.41, 5.74) is 0.757. The van der Waals surface area contributed by atoms with Gasteiger partial charge in [-0.3, -0.25) is 9.48 Å². The van der Waals surface area contributed by atoms with Crippen LogP contribution in [-0.4, -0.2) is 20.8 Å². The minimum Gasteiger partial charge on any atom is -0.293 e. The lowest BCUT2D eigenvalue weighted by Crippen LogP contribution is -2.16. The first-order valence-electron chi connectivity index (χ1n) is 6.05. The zero-order chi connectivity index (χ0) is 14.9. The molecule has 1 heterocycles. The molecule has 0 bridgehead atoms. The molecule has 0 amide bonds. The Morgan fingerprint density at radius 3 is 2.60 bits per heavy atom. The number of Topliss-reactive ketones (excluding diaryl/α,β-unsaturated/α-hetero) is 1. The van der Waals surface area contributed by atoms with Crippen molar-refractivity contribution in [3.05, 3.63) is 47.2 Å². The number of carbonyl (C=O) groups excluding carboxylic acids is 1. The van der Waals surface area contributed by atoms with Crippen LogP contribution in [0.15, 0.2) is 29.3 Å². The van der Waals surface area contributed by atoms with Crippen molar-refractivity contribution in [3.63, 3.8) is 0 Å². The van der Waals surface area contributed by atoms with Gasteiger partial charge in [-0.25, -0.2) is 8.78 Å². The van der Waals surface area contributed by atoms with Gasteiger partial charge < -0.3 is 0 Å². The largest absolute Gasteiger partial charge is 0.293 e. The minimum atomic E-state index is -0.830. The van der Waals surface area contributed by atoms with E-state index in [0.29, 0.717) is 0 Å². The Labute approximate surface area is 120 Å². The molecule has 1 atom stereocenters. The fourth-order valence-electron chi connectivity index (χ4n) is 1.84. The van der Waals surface area contributed by atoms with Crippen LogP contribution in [0.25, 0.3) is 0 Å². The topological polar surface area (TPSA) is 34.9 Å². The van der Waals surface area contributed by atoms with E-state index in [9.17, 15) is 13.6 Å². The molecule has 2 rings (SSSR count). The highest BCUT2D eigenvalue weighted by atomic mass is 32.2. The predicted octanol–water partition coefficient (Wildman–Crippen LogP) is 3.37. The molecule has 1 aromatic carbocycles. The van der Waals surface area contributed by atoms with E-state index >= 15 is 0 Å². The smallest absolute Gasteiger partial charge is 0.178 e. The SMILES string of the molecule is Cc1cc(SC(C)C(=O)c2ccc(F)cc2F)n(C)n1. The molecule has 0 aliphatic carbocycles. The summed E-state index contributed by atoms with van der Waals surface area (Å²) in [6.07, 6.45) is 0. The zero-order valence-electron chi connectivity index (χ0n) is 11.4. The van der Waals surface area contributed by atoms with Gasteiger partial charge in [-0.1, -0.05) is 11.8 Å². The number of aromatic nitrogens is 2. The van der Waals surface area contributed by atoms with Gasteiger partial charge >= 0.3 is 0 Å². The van der Waals surface area contributed by atoms with Crippen LogP contribution in [0.3, 0.4) is 0 Å². The Bertz CT molecular complexity index is 655. The predicted molar refractivity (Wildman–Crippen MR) is 74.0 cm³/mol. The van der Waals surface area contributed by atoms with Gasteiger partial charge in [-0.2, -0.15) is 5.10 Å². The Hall–Kier alpha value is -1.69. The molecule has 2 aromatic rings. The highest BCUT2D eigenvalue weighted by molar-refractivity contribution is 8.00. The maximum atomic E-state index is 13.6. The second kappa shape index (κ2) is 5.75. The van der Waals surface area contributed by atoms with Crippen molar-refractivity contribution >= 4 is 17.5 Å². The van der Waals surface area contributed by atoms with Crippen molar-refractivity contribution in [2.45, 2.75) is 24.1 Å². The molecule has 3 nitrogen and oxygen atoms in total. The molecule has 0 fully saturated rings. The number of benzene rings is 1. The average molecular weight is 296 g/mol. The van der Waals surface area contributed by atoms with Gasteiger partial charge in [0.25, 0.3) is 0 Å². The normalized spacial score (nSPS) is 12.4. The summed E-state index contributed by atoms with van der Waals surface area (Å²) in [5.74, 6) is -1.89. The summed E-state index contributed by atoms with van der Waals surface area (Å²) in [6.45, 7) is 3.55. The molecular formula is C14H14F2N2OS. The molecule has 1 unspecified atom stereocenters. The first kappa shape index (κ1) is 14.7. The average Bonchev–Trinajstić information content (AvgIpc) is 2.67. The van der Waals surface area contributed by atoms with Gasteiger partial charge in [0.05, 0.1) is 21.5 Å². The van der Waals surface area contributed by atoms with Crippen LogP contribution < -0.4 is 0 Å². The number of aryl methyl sites for hydroxylation is 2. The molecular weight excluding hydrogens is 282 g/mol. The number of rotatable bonds is 4. The molecule has 0 aliphatic rings. The van der Waals surface area contributed by atoms with Gasteiger partial charge in [0.2, 0.25) is 0 Å². The third-order valence-corrected chi connectivity index (χ3v) is 4.01. The molecule has 0 aliphatic heterocycles. The summed E-state index contributed by atoms with van der Waals surface area (Å²) >= 11 is 1.30. The van der Waals surface area contributed by atoms with Crippen molar-refractivity contribution < 1.29 is 13.6 Å². The van der Waals surface area contributed by atoms with E-state index in [1.807, 2.05) is 13.0 Å². The van der Waals surface area contributed by atoms with E-state index in [1.54, 1.807) is 18.7 Å². The van der Waals surface area contributed by atoms with E-state index in [-0.39, 0.29) is 11.3 Å². The Morgan fingerprint density at radius 1 is 1.35 bits per heavy atom. The van der Waals surface area contributed by atoms with Crippen molar-refractivity contribution in [1.29, 1.82) is 0 Å². The first-order chi connectivity index (χ1) is 9.38. The Balaban J connectivity index is 2.18. The molecule has 6 heteroatoms. The summed E-state index contributed by atoms with van der Waals surface area (Å²) in [6, 6.07) is 4.84. The lowest BCUT2D eigenvalue weighted by molar-refractivity contribution is 0.0990. The third kappa shape index (κ3) is 3.07. The van der Waals surface area contributed by atoms with E-state index < -0.39 is 16.9 Å². The maximum absolute atomic E-state index is 13.6. The van der Waals surface area contributed by atoms with Crippen molar-refractivity contribution in [2.75, 3.05) is 0 Å². The Kier molecular flexibility index (Phi) is 4.23. The molecule has 0 radical (unpaired) electrons. The number of hydrogen-bond acceptors (Lipinski definition) is 3. The van der Waals surface area contributed by atoms with Gasteiger partial charge in [0, 0.05) is 13.1 Å². The summed E-state index contributed by atoms with van der Waals surface area (Å²) in [4.78, 5) is 12.2. The third-order valence-electron chi connectivity index (χ3n) is 2.82. The zero-order valence-corrected chi connectivity index (χ0v) is 12.2. The highest BCUT2D eigenvalue weighted by Gasteiger charge is 2.21. The molecule has 20 heavy (non-hydrogen) atoms. The van der Waals surface area contributed by atoms with Crippen LogP contribution in [0, 0.1) is 18.6 Å². The van der Waals surface area contributed by atoms with E-state index in [2.05, 4.69) is 5.10 Å². The second-order valence-electron chi connectivity index (χ2n) is 4.50. The van der Waals surface area contributed by atoms with Crippen LogP contribution in [0.4, 0.5) is 8.78 Å². The lowest BCUT2D eigenvalue weighted by atomic mass is 10.1. The number of ketones is 1. The number of carbonyl (C=O) groups is 1. The molecule has 0 spiro atoms. The van der Waals surface area contributed by atoms with E-state index in [1.165, 1.54) is 17.8 Å². The van der Waals surface area contributed by atoms with Crippen LogP contribution in [-0.2, 0) is 7.05 Å². The summed E-state index contributed by atoms with van der Waals surface area (Å²) in [7, 11) is 1.78. The summed E-state index contributed by atoms with van der Waals surface area (Å²) in [5, 5.41) is 4.53. The van der Waals surface area contributed by atoms with Crippen LogP contribution in [0.2, 0.25) is 0 Å². The van der Waals surface area contributed by atoms with E-state index in [4.69, 9.17) is 0 Å². The van der Waals surface area contributed by atoms with Crippen molar-refractivity contribution in [2.24, 2.45) is 7.05 Å². The molecule has 1 aromatic heterocycles. The molecule has 106 valence electrons. The number of thioether (sulfide) groups is 1. The van der Waals surface area contributed by atoms with E-state index in [0.717, 1.165) is 22.9 Å². The maximum Gasteiger partial charge on any atom is 0.178 e. The number of nitrogens with zero attached hydrogens (tertiary/aromatic N) is 2. The Morgan fingerprint density at radius 2 is 2.05 bits per heavy atom. The van der Waals surface area contributed by atoms with Crippen LogP contribution in [0.5, 0.6) is 0 Å². The van der Waals surface area contributed by atoms with Crippen LogP contribution >= 0.6 is 11.8 Å². The number of hydrogen-bond donors (Lipinski definition) is 0. The quantitative estimate of drug-likeness (QED) is 0.641. The lowest BCUT2D eigenvalue weighted by Gasteiger charge is -2.10. The second-order valence-corrected chi connectivity index (χ2v) is 5.86. The monoisotopic (exact) mass is 296 g/mol. The van der Waals surface area contributed by atoms with Gasteiger partial charge in [-0.15, -0.1) is 0 Å². The highest BCUT2D eigenvalue weighted by Crippen LogP contribution is 2.26. The van der Waals surface area contributed by atoms with Gasteiger partial charge in [0.1, 0.15) is 11.6 Å². The van der Waals surface area contributed by atoms with Gasteiger partial charge in [-0.05, 0) is 32.0 Å². The van der Waals surface area contributed by atoms with Crippen LogP contribution in [0.1, 0.15) is 23.0 Å².